The lowest BCUT2D eigenvalue weighted by atomic mass is 10.0. The Hall–Kier alpha value is -2.42. The number of nitrogens with one attached hydrogen (secondary N) is 1. The number of nitro groups is 1. The van der Waals surface area contributed by atoms with Gasteiger partial charge in [0.1, 0.15) is 11.9 Å². The summed E-state index contributed by atoms with van der Waals surface area (Å²) in [5.74, 6) is 0. The Morgan fingerprint density at radius 3 is 2.95 bits per heavy atom. The summed E-state index contributed by atoms with van der Waals surface area (Å²) < 4.78 is 6.80. The smallest absolute Gasteiger partial charge is 0.404 e. The van der Waals surface area contributed by atoms with Gasteiger partial charge < -0.3 is 15.2 Å². The molecule has 9 nitrogen and oxygen atoms in total. The zero-order valence-corrected chi connectivity index (χ0v) is 12.4. The lowest BCUT2D eigenvalue weighted by Gasteiger charge is -2.23. The Labute approximate surface area is 126 Å². The van der Waals surface area contributed by atoms with Gasteiger partial charge in [0.05, 0.1) is 17.1 Å². The predicted octanol–water partition coefficient (Wildman–Crippen LogP) is 1.55. The van der Waals surface area contributed by atoms with E-state index in [9.17, 15) is 14.9 Å². The molecule has 0 radical (unpaired) electrons. The molecule has 2 atom stereocenters. The van der Waals surface area contributed by atoms with Gasteiger partial charge in [-0.1, -0.05) is 6.08 Å². The molecule has 0 aromatic carbocycles. The topological polar surface area (TPSA) is 120 Å². The highest BCUT2D eigenvalue weighted by atomic mass is 16.6. The molecule has 0 saturated carbocycles. The average Bonchev–Trinajstić information content (AvgIpc) is 2.72. The maximum Gasteiger partial charge on any atom is 0.404 e. The molecule has 0 spiro atoms. The molecule has 1 aromatic heterocycles. The van der Waals surface area contributed by atoms with Crippen LogP contribution in [0.3, 0.4) is 0 Å². The first-order valence-electron chi connectivity index (χ1n) is 6.82. The normalized spacial score (nSPS) is 21.8. The molecule has 0 saturated heterocycles. The molecule has 2 N–H and O–H groups in total. The highest BCUT2D eigenvalue weighted by molar-refractivity contribution is 5.70. The van der Waals surface area contributed by atoms with Crippen LogP contribution in [0.25, 0.3) is 5.57 Å². The van der Waals surface area contributed by atoms with Crippen LogP contribution in [0, 0.1) is 10.1 Å². The quantitative estimate of drug-likeness (QED) is 0.643. The number of nitrogens with zero attached hydrogens (tertiary/aromatic N) is 3. The van der Waals surface area contributed by atoms with Crippen molar-refractivity contribution in [2.45, 2.75) is 31.4 Å². The van der Waals surface area contributed by atoms with Crippen molar-refractivity contribution in [3.05, 3.63) is 28.1 Å². The van der Waals surface area contributed by atoms with Gasteiger partial charge in [-0.15, -0.1) is 0 Å². The predicted molar refractivity (Wildman–Crippen MR) is 77.4 cm³/mol. The Balaban J connectivity index is 2.28. The zero-order valence-electron chi connectivity index (χ0n) is 12.4. The molecule has 1 aliphatic carbocycles. The Bertz CT molecular complexity index is 610. The summed E-state index contributed by atoms with van der Waals surface area (Å²) >= 11 is 0. The summed E-state index contributed by atoms with van der Waals surface area (Å²) in [5, 5.41) is 26.4. The maximum atomic E-state index is 11.1. The van der Waals surface area contributed by atoms with Crippen LogP contribution in [0.2, 0.25) is 0 Å². The van der Waals surface area contributed by atoms with Crippen LogP contribution in [0.1, 0.15) is 25.0 Å². The number of amides is 1. The van der Waals surface area contributed by atoms with Crippen molar-refractivity contribution >= 4 is 17.4 Å². The maximum absolute atomic E-state index is 11.1. The first-order chi connectivity index (χ1) is 10.4. The summed E-state index contributed by atoms with van der Waals surface area (Å²) in [7, 11) is 3.17. The molecular weight excluding hydrogens is 292 g/mol. The lowest BCUT2D eigenvalue weighted by Crippen LogP contribution is -2.42. The van der Waals surface area contributed by atoms with Crippen LogP contribution in [-0.2, 0) is 11.8 Å². The zero-order chi connectivity index (χ0) is 16.3. The minimum absolute atomic E-state index is 0.0487. The average molecular weight is 310 g/mol. The molecule has 0 aliphatic heterocycles. The van der Waals surface area contributed by atoms with Crippen LogP contribution < -0.4 is 5.32 Å². The number of aromatic nitrogens is 2. The number of allylic oxidation sites excluding steroid dienone is 1. The van der Waals surface area contributed by atoms with E-state index in [1.54, 1.807) is 7.05 Å². The number of ether oxygens (including phenoxy) is 1. The first-order valence-corrected chi connectivity index (χ1v) is 6.82. The summed E-state index contributed by atoms with van der Waals surface area (Å²) in [6.07, 6.45) is 3.15. The van der Waals surface area contributed by atoms with E-state index in [4.69, 9.17) is 9.84 Å². The van der Waals surface area contributed by atoms with E-state index >= 15 is 0 Å². The van der Waals surface area contributed by atoms with Crippen LogP contribution >= 0.6 is 0 Å². The van der Waals surface area contributed by atoms with E-state index < -0.39 is 11.0 Å². The second kappa shape index (κ2) is 6.56. The highest BCUT2D eigenvalue weighted by Gasteiger charge is 2.29. The monoisotopic (exact) mass is 310 g/mol. The molecule has 1 aliphatic rings. The van der Waals surface area contributed by atoms with Gasteiger partial charge in [0, 0.05) is 14.2 Å². The number of carbonyl (C=O) groups is 1. The number of methoxy groups -OCH3 is 1. The Morgan fingerprint density at radius 1 is 1.64 bits per heavy atom. The summed E-state index contributed by atoms with van der Waals surface area (Å²) in [6, 6.07) is -0.358. The van der Waals surface area contributed by atoms with Gasteiger partial charge >= 0.3 is 11.8 Å². The number of aryl methyl sites for hydroxylation is 1. The number of rotatable bonds is 4. The molecule has 9 heteroatoms. The fourth-order valence-corrected chi connectivity index (χ4v) is 2.75. The van der Waals surface area contributed by atoms with Crippen molar-refractivity contribution in [1.82, 2.24) is 15.1 Å². The third-order valence-corrected chi connectivity index (χ3v) is 3.80. The van der Waals surface area contributed by atoms with Gasteiger partial charge in [-0.2, -0.15) is 5.10 Å². The molecule has 120 valence electrons. The molecule has 1 heterocycles. The molecule has 0 fully saturated rings. The molecule has 22 heavy (non-hydrogen) atoms. The van der Waals surface area contributed by atoms with Crippen LogP contribution in [0.4, 0.5) is 10.5 Å². The summed E-state index contributed by atoms with van der Waals surface area (Å²) in [5.41, 5.74) is 1.19. The molecule has 1 aromatic rings. The Kier molecular flexibility index (Phi) is 4.76. The third-order valence-electron chi connectivity index (χ3n) is 3.80. The van der Waals surface area contributed by atoms with Crippen molar-refractivity contribution < 1.29 is 19.6 Å². The third kappa shape index (κ3) is 3.25. The fraction of sp³-hybridized carbons (Fsp3) is 0.538. The van der Waals surface area contributed by atoms with Crippen LogP contribution in [0.15, 0.2) is 12.3 Å². The van der Waals surface area contributed by atoms with Crippen LogP contribution in [-0.4, -0.2) is 45.2 Å². The SMILES string of the molecule is COC1CC=C(c2c([N+](=O)[O-])cnn2C)CCC1NC(=O)O. The van der Waals surface area contributed by atoms with Gasteiger partial charge in [0.2, 0.25) is 0 Å². The van der Waals surface area contributed by atoms with Crippen LogP contribution in [0.5, 0.6) is 0 Å². The van der Waals surface area contributed by atoms with E-state index in [0.29, 0.717) is 25.0 Å². The molecule has 1 amide bonds. The molecule has 2 rings (SSSR count). The number of hydrogen-bond donors (Lipinski definition) is 2. The van der Waals surface area contributed by atoms with E-state index in [2.05, 4.69) is 10.4 Å². The standard InChI is InChI=1S/C13H18N4O5/c1-16-12(10(7-14-16)17(20)21)8-3-5-9(15-13(18)19)11(22-2)6-4-8/h4,7,9,11,15H,3,5-6H2,1-2H3,(H,18,19). The van der Waals surface area contributed by atoms with Crippen molar-refractivity contribution in [3.8, 4) is 0 Å². The van der Waals surface area contributed by atoms with Crippen molar-refractivity contribution in [1.29, 1.82) is 0 Å². The van der Waals surface area contributed by atoms with Crippen molar-refractivity contribution in [3.63, 3.8) is 0 Å². The van der Waals surface area contributed by atoms with Gasteiger partial charge in [-0.05, 0) is 24.8 Å². The van der Waals surface area contributed by atoms with Gasteiger partial charge in [0.25, 0.3) is 0 Å². The molecular formula is C13H18N4O5. The van der Waals surface area contributed by atoms with Crippen molar-refractivity contribution in [2.24, 2.45) is 7.05 Å². The van der Waals surface area contributed by atoms with E-state index in [1.165, 1.54) is 18.0 Å². The highest BCUT2D eigenvalue weighted by Crippen LogP contribution is 2.32. The van der Waals surface area contributed by atoms with Gasteiger partial charge in [0.15, 0.2) is 0 Å². The number of carboxylic acid groups (broad SMARTS) is 1. The second-order valence-electron chi connectivity index (χ2n) is 5.09. The van der Waals surface area contributed by atoms with Crippen molar-refractivity contribution in [2.75, 3.05) is 7.11 Å². The molecule has 0 bridgehead atoms. The van der Waals surface area contributed by atoms with E-state index in [-0.39, 0.29) is 17.8 Å². The lowest BCUT2D eigenvalue weighted by molar-refractivity contribution is -0.385. The largest absolute Gasteiger partial charge is 0.465 e. The fourth-order valence-electron chi connectivity index (χ4n) is 2.75. The Morgan fingerprint density at radius 2 is 2.36 bits per heavy atom. The van der Waals surface area contributed by atoms with E-state index in [1.807, 2.05) is 6.08 Å². The molecule has 2 unspecified atom stereocenters. The van der Waals surface area contributed by atoms with E-state index in [0.717, 1.165) is 5.57 Å². The summed E-state index contributed by atoms with van der Waals surface area (Å²) in [6.45, 7) is 0. The summed E-state index contributed by atoms with van der Waals surface area (Å²) in [4.78, 5) is 21.5. The first kappa shape index (κ1) is 16.0. The van der Waals surface area contributed by atoms with Gasteiger partial charge in [-0.3, -0.25) is 14.8 Å². The minimum Gasteiger partial charge on any atom is -0.465 e. The minimum atomic E-state index is -1.11. The van der Waals surface area contributed by atoms with Gasteiger partial charge in [-0.25, -0.2) is 4.79 Å². The number of hydrogen-bond acceptors (Lipinski definition) is 5. The second-order valence-corrected chi connectivity index (χ2v) is 5.09.